The Morgan fingerprint density at radius 2 is 1.81 bits per heavy atom. The molecule has 0 aliphatic heterocycles. The van der Waals surface area contributed by atoms with E-state index in [1.165, 1.54) is 17.1 Å². The van der Waals surface area contributed by atoms with Gasteiger partial charge in [-0.1, -0.05) is 30.3 Å². The Morgan fingerprint density at radius 3 is 2.67 bits per heavy atom. The Hall–Kier alpha value is -2.93. The molecule has 3 nitrogen and oxygen atoms in total. The summed E-state index contributed by atoms with van der Waals surface area (Å²) in [4.78, 5) is 8.51. The monoisotopic (exact) mass is 385 g/mol. The second-order valence-electron chi connectivity index (χ2n) is 5.99. The number of hydrogen-bond donors (Lipinski definition) is 1. The average Bonchev–Trinajstić information content (AvgIpc) is 3.10. The molecular formula is C20H14F3N3S. The minimum absolute atomic E-state index is 0.241. The smallest absolute Gasteiger partial charge is 0.366 e. The van der Waals surface area contributed by atoms with Crippen LogP contribution in [0.1, 0.15) is 11.1 Å². The van der Waals surface area contributed by atoms with Crippen LogP contribution in [0.2, 0.25) is 0 Å². The Bertz CT molecular complexity index is 1090. The van der Waals surface area contributed by atoms with Crippen molar-refractivity contribution in [3.05, 3.63) is 77.4 Å². The van der Waals surface area contributed by atoms with E-state index >= 15 is 0 Å². The van der Waals surface area contributed by atoms with E-state index < -0.39 is 11.7 Å². The summed E-state index contributed by atoms with van der Waals surface area (Å²) >= 11 is 1.64. The second-order valence-corrected chi connectivity index (χ2v) is 6.90. The molecule has 0 saturated heterocycles. The molecule has 2 heterocycles. The number of fused-ring (bicyclic) bond motifs is 1. The fourth-order valence-corrected chi connectivity index (χ4v) is 3.78. The zero-order valence-corrected chi connectivity index (χ0v) is 14.8. The summed E-state index contributed by atoms with van der Waals surface area (Å²) < 4.78 is 39.7. The topological polar surface area (TPSA) is 37.8 Å². The number of nitrogens with zero attached hydrogens (tertiary/aromatic N) is 2. The standard InChI is InChI=1S/C20H14F3N3S/c21-20(22,23)14-5-3-4-13(8-14)10-24-19-9-17(25-12-26-19)16-11-27-18-7-2-1-6-15(16)18/h1-9,11-12H,10H2,(H,24,25,26). The normalized spacial score (nSPS) is 11.7. The van der Waals surface area contributed by atoms with Crippen LogP contribution in [0.4, 0.5) is 19.0 Å². The molecule has 0 amide bonds. The third-order valence-electron chi connectivity index (χ3n) is 4.15. The number of halogens is 3. The fraction of sp³-hybridized carbons (Fsp3) is 0.100. The van der Waals surface area contributed by atoms with Crippen LogP contribution in [0.15, 0.2) is 66.3 Å². The lowest BCUT2D eigenvalue weighted by Crippen LogP contribution is -2.07. The lowest BCUT2D eigenvalue weighted by molar-refractivity contribution is -0.137. The molecule has 0 saturated carbocycles. The van der Waals surface area contributed by atoms with E-state index in [4.69, 9.17) is 0 Å². The molecule has 2 aromatic carbocycles. The van der Waals surface area contributed by atoms with E-state index in [-0.39, 0.29) is 6.54 Å². The van der Waals surface area contributed by atoms with Gasteiger partial charge in [0, 0.05) is 33.6 Å². The highest BCUT2D eigenvalue weighted by molar-refractivity contribution is 7.17. The molecule has 4 rings (SSSR count). The number of nitrogens with one attached hydrogen (secondary N) is 1. The van der Waals surface area contributed by atoms with Gasteiger partial charge in [0.15, 0.2) is 0 Å². The van der Waals surface area contributed by atoms with E-state index in [9.17, 15) is 13.2 Å². The number of hydrogen-bond acceptors (Lipinski definition) is 4. The Kier molecular flexibility index (Phi) is 4.53. The van der Waals surface area contributed by atoms with Crippen LogP contribution >= 0.6 is 11.3 Å². The highest BCUT2D eigenvalue weighted by Crippen LogP contribution is 2.33. The molecule has 0 atom stereocenters. The summed E-state index contributed by atoms with van der Waals surface area (Å²) in [5.74, 6) is 0.563. The number of anilines is 1. The van der Waals surface area contributed by atoms with E-state index in [1.807, 2.05) is 29.6 Å². The van der Waals surface area contributed by atoms with E-state index in [1.54, 1.807) is 17.4 Å². The van der Waals surface area contributed by atoms with Gasteiger partial charge in [-0.3, -0.25) is 0 Å². The van der Waals surface area contributed by atoms with E-state index in [0.717, 1.165) is 28.8 Å². The highest BCUT2D eigenvalue weighted by Gasteiger charge is 2.30. The molecule has 0 fully saturated rings. The largest absolute Gasteiger partial charge is 0.416 e. The van der Waals surface area contributed by atoms with Crippen molar-refractivity contribution in [2.24, 2.45) is 0 Å². The van der Waals surface area contributed by atoms with Crippen molar-refractivity contribution in [1.82, 2.24) is 9.97 Å². The van der Waals surface area contributed by atoms with Crippen LogP contribution < -0.4 is 5.32 Å². The Morgan fingerprint density at radius 1 is 0.963 bits per heavy atom. The van der Waals surface area contributed by atoms with Gasteiger partial charge in [0.1, 0.15) is 12.1 Å². The first kappa shape index (κ1) is 17.5. The third kappa shape index (κ3) is 3.78. The van der Waals surface area contributed by atoms with Gasteiger partial charge in [0.05, 0.1) is 11.3 Å². The molecule has 0 unspecified atom stereocenters. The van der Waals surface area contributed by atoms with Crippen molar-refractivity contribution in [2.45, 2.75) is 12.7 Å². The zero-order chi connectivity index (χ0) is 18.9. The molecule has 4 aromatic rings. The van der Waals surface area contributed by atoms with E-state index in [2.05, 4.69) is 21.4 Å². The molecule has 2 aromatic heterocycles. The van der Waals surface area contributed by atoms with Crippen LogP contribution in [0, 0.1) is 0 Å². The summed E-state index contributed by atoms with van der Waals surface area (Å²) in [5.41, 5.74) is 1.66. The van der Waals surface area contributed by atoms with Crippen LogP contribution in [-0.4, -0.2) is 9.97 Å². The molecule has 136 valence electrons. The molecule has 0 spiro atoms. The molecule has 1 N–H and O–H groups in total. The van der Waals surface area contributed by atoms with Gasteiger partial charge in [-0.15, -0.1) is 11.3 Å². The molecule has 0 aliphatic carbocycles. The number of benzene rings is 2. The number of aromatic nitrogens is 2. The van der Waals surface area contributed by atoms with Crippen LogP contribution in [0.5, 0.6) is 0 Å². The van der Waals surface area contributed by atoms with Gasteiger partial charge in [0.2, 0.25) is 0 Å². The summed E-state index contributed by atoms with van der Waals surface area (Å²) in [6.07, 6.45) is -2.89. The minimum Gasteiger partial charge on any atom is -0.366 e. The maximum Gasteiger partial charge on any atom is 0.416 e. The van der Waals surface area contributed by atoms with Crippen molar-refractivity contribution >= 4 is 27.2 Å². The SMILES string of the molecule is FC(F)(F)c1cccc(CNc2cc(-c3csc4ccccc34)ncn2)c1. The average molecular weight is 385 g/mol. The second kappa shape index (κ2) is 7.00. The predicted molar refractivity (Wildman–Crippen MR) is 102 cm³/mol. The predicted octanol–water partition coefficient (Wildman–Crippen LogP) is 5.99. The van der Waals surface area contributed by atoms with Crippen molar-refractivity contribution < 1.29 is 13.2 Å². The summed E-state index contributed by atoms with van der Waals surface area (Å²) in [7, 11) is 0. The fourth-order valence-electron chi connectivity index (χ4n) is 2.83. The van der Waals surface area contributed by atoms with Crippen LogP contribution in [0.3, 0.4) is 0 Å². The molecular weight excluding hydrogens is 371 g/mol. The first-order chi connectivity index (χ1) is 13.0. The third-order valence-corrected chi connectivity index (χ3v) is 5.12. The first-order valence-corrected chi connectivity index (χ1v) is 9.07. The van der Waals surface area contributed by atoms with Crippen LogP contribution in [-0.2, 0) is 12.7 Å². The van der Waals surface area contributed by atoms with Gasteiger partial charge in [0.25, 0.3) is 0 Å². The van der Waals surface area contributed by atoms with Crippen molar-refractivity contribution in [3.63, 3.8) is 0 Å². The van der Waals surface area contributed by atoms with Crippen LogP contribution in [0.25, 0.3) is 21.3 Å². The lowest BCUT2D eigenvalue weighted by atomic mass is 10.1. The van der Waals surface area contributed by atoms with Crippen molar-refractivity contribution in [2.75, 3.05) is 5.32 Å². The van der Waals surface area contributed by atoms with Gasteiger partial charge < -0.3 is 5.32 Å². The minimum atomic E-state index is -4.35. The molecule has 0 aliphatic rings. The molecule has 0 bridgehead atoms. The Balaban J connectivity index is 1.55. The first-order valence-electron chi connectivity index (χ1n) is 8.19. The lowest BCUT2D eigenvalue weighted by Gasteiger charge is -2.10. The molecule has 7 heteroatoms. The Labute approximate surface area is 157 Å². The number of rotatable bonds is 4. The summed E-state index contributed by atoms with van der Waals surface area (Å²) in [6.45, 7) is 0.241. The summed E-state index contributed by atoms with van der Waals surface area (Å²) in [6, 6.07) is 15.1. The number of thiophene rings is 1. The van der Waals surface area contributed by atoms with E-state index in [0.29, 0.717) is 11.4 Å². The molecule has 0 radical (unpaired) electrons. The molecule has 27 heavy (non-hydrogen) atoms. The quantitative estimate of drug-likeness (QED) is 0.469. The highest BCUT2D eigenvalue weighted by atomic mass is 32.1. The van der Waals surface area contributed by atoms with Gasteiger partial charge in [-0.25, -0.2) is 9.97 Å². The van der Waals surface area contributed by atoms with Gasteiger partial charge >= 0.3 is 6.18 Å². The zero-order valence-electron chi connectivity index (χ0n) is 14.0. The maximum absolute atomic E-state index is 12.8. The van der Waals surface area contributed by atoms with Crippen molar-refractivity contribution in [3.8, 4) is 11.3 Å². The van der Waals surface area contributed by atoms with Gasteiger partial charge in [-0.05, 0) is 23.8 Å². The van der Waals surface area contributed by atoms with Gasteiger partial charge in [-0.2, -0.15) is 13.2 Å². The number of alkyl halides is 3. The summed E-state index contributed by atoms with van der Waals surface area (Å²) in [5, 5.41) is 6.24. The maximum atomic E-state index is 12.8. The van der Waals surface area contributed by atoms with Crippen molar-refractivity contribution in [1.29, 1.82) is 0 Å².